The molecule has 0 heterocycles. The van der Waals surface area contributed by atoms with Crippen molar-refractivity contribution in [1.29, 1.82) is 0 Å². The van der Waals surface area contributed by atoms with Gasteiger partial charge in [0.15, 0.2) is 12.2 Å². The predicted molar refractivity (Wildman–Crippen MR) is 414 cm³/mol. The molecule has 0 saturated heterocycles. The highest BCUT2D eigenvalue weighted by molar-refractivity contribution is 7.47. The van der Waals surface area contributed by atoms with Gasteiger partial charge in [0, 0.05) is 25.7 Å². The summed E-state index contributed by atoms with van der Waals surface area (Å²) in [4.78, 5) is 73.0. The quantitative estimate of drug-likeness (QED) is 0.0222. The van der Waals surface area contributed by atoms with E-state index in [-0.39, 0.29) is 25.7 Å². The summed E-state index contributed by atoms with van der Waals surface area (Å²) in [6.45, 7) is 9.52. The number of rotatable bonds is 81. The second kappa shape index (κ2) is 73.6. The molecule has 17 nitrogen and oxygen atoms in total. The summed E-state index contributed by atoms with van der Waals surface area (Å²) in [6, 6.07) is 0. The van der Waals surface area contributed by atoms with E-state index in [0.29, 0.717) is 31.6 Å². The lowest BCUT2D eigenvalue weighted by Crippen LogP contribution is -2.30. The number of phosphoric ester groups is 2. The third-order valence-corrected chi connectivity index (χ3v) is 21.1. The fourth-order valence-electron chi connectivity index (χ4n) is 12.7. The fraction of sp³-hybridized carbons (Fsp3) is 0.951. The van der Waals surface area contributed by atoms with Gasteiger partial charge in [0.25, 0.3) is 0 Å². The molecule has 0 bridgehead atoms. The van der Waals surface area contributed by atoms with E-state index in [1.54, 1.807) is 0 Å². The molecule has 19 heteroatoms. The topological polar surface area (TPSA) is 237 Å². The highest BCUT2D eigenvalue weighted by Gasteiger charge is 2.30. The molecule has 0 aliphatic rings. The van der Waals surface area contributed by atoms with E-state index in [1.807, 2.05) is 0 Å². The van der Waals surface area contributed by atoms with Crippen LogP contribution >= 0.6 is 15.6 Å². The normalized spacial score (nSPS) is 13.9. The second-order valence-corrected chi connectivity index (χ2v) is 33.4. The number of aliphatic hydroxyl groups is 1. The number of phosphoric acid groups is 2. The van der Waals surface area contributed by atoms with E-state index in [0.717, 1.165) is 102 Å². The van der Waals surface area contributed by atoms with Gasteiger partial charge in [-0.25, -0.2) is 9.13 Å². The molecule has 0 aromatic carbocycles. The van der Waals surface area contributed by atoms with Crippen LogP contribution in [-0.4, -0.2) is 96.7 Å². The van der Waals surface area contributed by atoms with Gasteiger partial charge in [0.1, 0.15) is 19.3 Å². The van der Waals surface area contributed by atoms with E-state index in [1.165, 1.54) is 244 Å². The molecule has 5 atom stereocenters. The summed E-state index contributed by atoms with van der Waals surface area (Å²) in [6.07, 6.45) is 64.3. The Morgan fingerprint density at radius 2 is 0.455 bits per heavy atom. The van der Waals surface area contributed by atoms with Crippen molar-refractivity contribution in [3.63, 3.8) is 0 Å². The standard InChI is InChI=1S/C82H160O17P2/c1-7-9-11-13-15-17-19-21-23-25-27-28-30-32-34-36-38-42-46-54-60-66-81(86)98-77(70-92-79(84)64-58-52-45-41-37-35-33-31-29-26-24-22-20-18-16-14-12-10-8-2)72-96-100(88,89)94-68-76(83)69-95-101(90,91)97-73-78(71-93-80(85)65-59-53-49-48-51-57-63-75(5)6)99-82(87)67-61-55-47-43-39-40-44-50-56-62-74(3)4/h74-78,83H,7-73H2,1-6H3,(H,88,89)(H,90,91)/t76-,77-,78-/m1/s1. The maximum atomic E-state index is 13.1. The van der Waals surface area contributed by atoms with Crippen LogP contribution in [0.25, 0.3) is 0 Å². The van der Waals surface area contributed by atoms with Crippen LogP contribution in [0.4, 0.5) is 0 Å². The van der Waals surface area contributed by atoms with Crippen molar-refractivity contribution in [2.24, 2.45) is 11.8 Å². The summed E-state index contributed by atoms with van der Waals surface area (Å²) < 4.78 is 68.7. The first kappa shape index (κ1) is 99.1. The monoisotopic (exact) mass is 1480 g/mol. The predicted octanol–water partition coefficient (Wildman–Crippen LogP) is 24.7. The van der Waals surface area contributed by atoms with Crippen LogP contribution in [0.15, 0.2) is 0 Å². The van der Waals surface area contributed by atoms with Gasteiger partial charge in [-0.15, -0.1) is 0 Å². The van der Waals surface area contributed by atoms with Crippen LogP contribution in [0.1, 0.15) is 433 Å². The smallest absolute Gasteiger partial charge is 0.462 e. The Morgan fingerprint density at radius 1 is 0.267 bits per heavy atom. The van der Waals surface area contributed by atoms with Gasteiger partial charge < -0.3 is 33.8 Å². The molecular weight excluding hydrogens is 1320 g/mol. The second-order valence-electron chi connectivity index (χ2n) is 30.5. The molecule has 0 spiro atoms. The van der Waals surface area contributed by atoms with Gasteiger partial charge in [0.05, 0.1) is 26.4 Å². The van der Waals surface area contributed by atoms with Crippen LogP contribution in [0.2, 0.25) is 0 Å². The largest absolute Gasteiger partial charge is 0.472 e. The SMILES string of the molecule is CCCCCCCCCCCCCCCCCCCCCCCC(=O)O[C@H](COC(=O)CCCCCCCCCCCCCCCCCCCCC)COP(=O)(O)OC[C@@H](O)COP(=O)(O)OC[C@@H](COC(=O)CCCCCCCCC(C)C)OC(=O)CCCCCCCCCCCC(C)C. The maximum absolute atomic E-state index is 13.1. The Bertz CT molecular complexity index is 1940. The zero-order chi connectivity index (χ0) is 74.2. The highest BCUT2D eigenvalue weighted by atomic mass is 31.2. The van der Waals surface area contributed by atoms with Crippen LogP contribution in [-0.2, 0) is 65.4 Å². The molecule has 0 aliphatic carbocycles. The summed E-state index contributed by atoms with van der Waals surface area (Å²) in [5, 5.41) is 10.6. The lowest BCUT2D eigenvalue weighted by atomic mass is 10.0. The van der Waals surface area contributed by atoms with Gasteiger partial charge in [0.2, 0.25) is 0 Å². The van der Waals surface area contributed by atoms with Gasteiger partial charge in [-0.2, -0.15) is 0 Å². The fourth-order valence-corrected chi connectivity index (χ4v) is 14.3. The molecule has 0 aromatic heterocycles. The number of aliphatic hydroxyl groups excluding tert-OH is 1. The molecule has 101 heavy (non-hydrogen) atoms. The van der Waals surface area contributed by atoms with Crippen molar-refractivity contribution in [1.82, 2.24) is 0 Å². The first-order valence-electron chi connectivity index (χ1n) is 42.5. The van der Waals surface area contributed by atoms with E-state index in [9.17, 15) is 43.2 Å². The average molecular weight is 1480 g/mol. The Morgan fingerprint density at radius 3 is 0.673 bits per heavy atom. The Hall–Kier alpha value is -1.94. The number of esters is 4. The molecule has 0 fully saturated rings. The first-order chi connectivity index (χ1) is 48.9. The van der Waals surface area contributed by atoms with E-state index < -0.39 is 97.5 Å². The molecule has 0 aromatic rings. The van der Waals surface area contributed by atoms with Gasteiger partial charge >= 0.3 is 39.5 Å². The van der Waals surface area contributed by atoms with E-state index >= 15 is 0 Å². The number of carbonyl (C=O) groups is 4. The van der Waals surface area contributed by atoms with Crippen LogP contribution in [0, 0.1) is 11.8 Å². The first-order valence-corrected chi connectivity index (χ1v) is 45.5. The van der Waals surface area contributed by atoms with Crippen LogP contribution in [0.5, 0.6) is 0 Å². The minimum Gasteiger partial charge on any atom is -0.462 e. The van der Waals surface area contributed by atoms with Crippen molar-refractivity contribution in [3.8, 4) is 0 Å². The van der Waals surface area contributed by atoms with Crippen molar-refractivity contribution < 1.29 is 80.2 Å². The van der Waals surface area contributed by atoms with Crippen molar-refractivity contribution >= 4 is 39.5 Å². The molecule has 0 aliphatic heterocycles. The molecule has 600 valence electrons. The summed E-state index contributed by atoms with van der Waals surface area (Å²) in [5.74, 6) is -0.697. The summed E-state index contributed by atoms with van der Waals surface area (Å²) >= 11 is 0. The average Bonchev–Trinajstić information content (AvgIpc) is 0.923. The third kappa shape index (κ3) is 76.1. The molecule has 3 N–H and O–H groups in total. The molecular formula is C82H160O17P2. The van der Waals surface area contributed by atoms with Crippen molar-refractivity contribution in [2.75, 3.05) is 39.6 Å². The molecule has 0 rings (SSSR count). The summed E-state index contributed by atoms with van der Waals surface area (Å²) in [5.41, 5.74) is 0. The van der Waals surface area contributed by atoms with Gasteiger partial charge in [-0.3, -0.25) is 37.3 Å². The third-order valence-electron chi connectivity index (χ3n) is 19.2. The lowest BCUT2D eigenvalue weighted by Gasteiger charge is -2.21. The highest BCUT2D eigenvalue weighted by Crippen LogP contribution is 2.45. The van der Waals surface area contributed by atoms with Crippen molar-refractivity contribution in [2.45, 2.75) is 452 Å². The van der Waals surface area contributed by atoms with Gasteiger partial charge in [-0.05, 0) is 37.5 Å². The molecule has 0 saturated carbocycles. The van der Waals surface area contributed by atoms with E-state index in [2.05, 4.69) is 41.5 Å². The number of hydrogen-bond donors (Lipinski definition) is 3. The Labute approximate surface area is 619 Å². The Balaban J connectivity index is 5.19. The van der Waals surface area contributed by atoms with E-state index in [4.69, 9.17) is 37.0 Å². The zero-order valence-electron chi connectivity index (χ0n) is 66.2. The lowest BCUT2D eigenvalue weighted by molar-refractivity contribution is -0.161. The number of carbonyl (C=O) groups excluding carboxylic acids is 4. The molecule has 0 amide bonds. The number of unbranched alkanes of at least 4 members (excludes halogenated alkanes) is 51. The maximum Gasteiger partial charge on any atom is 0.472 e. The number of hydrogen-bond acceptors (Lipinski definition) is 15. The molecule has 0 radical (unpaired) electrons. The molecule has 2 unspecified atom stereocenters. The minimum atomic E-state index is -4.96. The van der Waals surface area contributed by atoms with Crippen LogP contribution in [0.3, 0.4) is 0 Å². The van der Waals surface area contributed by atoms with Gasteiger partial charge in [-0.1, -0.05) is 382 Å². The summed E-state index contributed by atoms with van der Waals surface area (Å²) in [7, 11) is -9.92. The van der Waals surface area contributed by atoms with Crippen molar-refractivity contribution in [3.05, 3.63) is 0 Å². The Kier molecular flexibility index (Phi) is 72.2. The zero-order valence-corrected chi connectivity index (χ0v) is 68.0. The number of ether oxygens (including phenoxy) is 4. The minimum absolute atomic E-state index is 0.105. The van der Waals surface area contributed by atoms with Crippen LogP contribution < -0.4 is 0 Å².